The molecule has 2 aromatic rings. The van der Waals surface area contributed by atoms with E-state index in [1.54, 1.807) is 11.3 Å². The van der Waals surface area contributed by atoms with Crippen LogP contribution in [0.4, 0.5) is 0 Å². The van der Waals surface area contributed by atoms with Gasteiger partial charge in [-0.2, -0.15) is 0 Å². The third-order valence-corrected chi connectivity index (χ3v) is 6.92. The molecule has 0 N–H and O–H groups in total. The molecule has 1 unspecified atom stereocenters. The SMILES string of the molecule is Cc1nc(COC2CCN(C(=O)C3(c4ccccc4C)CCCC3)C2)cs1. The molecule has 1 aromatic carbocycles. The summed E-state index contributed by atoms with van der Waals surface area (Å²) in [4.78, 5) is 20.1. The van der Waals surface area contributed by atoms with Crippen LogP contribution < -0.4 is 0 Å². The summed E-state index contributed by atoms with van der Waals surface area (Å²) in [5.41, 5.74) is 3.13. The highest BCUT2D eigenvalue weighted by atomic mass is 32.1. The van der Waals surface area contributed by atoms with Crippen LogP contribution in [0.25, 0.3) is 0 Å². The normalized spacial score (nSPS) is 21.7. The number of amides is 1. The molecule has 0 spiro atoms. The number of nitrogens with zero attached hydrogens (tertiary/aromatic N) is 2. The van der Waals surface area contributed by atoms with Crippen LogP contribution in [-0.4, -0.2) is 35.0 Å². The average molecular weight is 385 g/mol. The van der Waals surface area contributed by atoms with E-state index in [9.17, 15) is 4.79 Å². The van der Waals surface area contributed by atoms with Crippen molar-refractivity contribution in [3.63, 3.8) is 0 Å². The van der Waals surface area contributed by atoms with Gasteiger partial charge in [-0.3, -0.25) is 4.79 Å². The first-order valence-corrected chi connectivity index (χ1v) is 10.8. The Balaban J connectivity index is 1.44. The van der Waals surface area contributed by atoms with Crippen molar-refractivity contribution in [1.82, 2.24) is 9.88 Å². The van der Waals surface area contributed by atoms with Crippen LogP contribution in [0.3, 0.4) is 0 Å². The van der Waals surface area contributed by atoms with Gasteiger partial charge in [0, 0.05) is 18.5 Å². The molecule has 5 heteroatoms. The van der Waals surface area contributed by atoms with E-state index in [0.29, 0.717) is 19.1 Å². The summed E-state index contributed by atoms with van der Waals surface area (Å²) in [5.74, 6) is 0.310. The molecule has 1 aromatic heterocycles. The fourth-order valence-corrected chi connectivity index (χ4v) is 5.31. The van der Waals surface area contributed by atoms with Gasteiger partial charge in [0.1, 0.15) is 0 Å². The molecule has 1 atom stereocenters. The molecule has 1 saturated heterocycles. The van der Waals surface area contributed by atoms with Gasteiger partial charge in [0.15, 0.2) is 0 Å². The molecule has 4 nitrogen and oxygen atoms in total. The molecule has 4 rings (SSSR count). The molecular weight excluding hydrogens is 356 g/mol. The maximum Gasteiger partial charge on any atom is 0.233 e. The van der Waals surface area contributed by atoms with Gasteiger partial charge in [0.2, 0.25) is 5.91 Å². The fraction of sp³-hybridized carbons (Fsp3) is 0.545. The molecular formula is C22H28N2O2S. The highest BCUT2D eigenvalue weighted by molar-refractivity contribution is 7.09. The molecule has 1 aliphatic heterocycles. The molecule has 0 radical (unpaired) electrons. The Morgan fingerprint density at radius 2 is 2.07 bits per heavy atom. The van der Waals surface area contributed by atoms with Gasteiger partial charge in [-0.05, 0) is 44.2 Å². The maximum atomic E-state index is 13.6. The van der Waals surface area contributed by atoms with Gasteiger partial charge in [0.05, 0.1) is 28.8 Å². The molecule has 1 aliphatic carbocycles. The average Bonchev–Trinajstić information content (AvgIpc) is 3.41. The molecule has 2 heterocycles. The number of aryl methyl sites for hydroxylation is 2. The molecule has 1 amide bonds. The van der Waals surface area contributed by atoms with Crippen molar-refractivity contribution >= 4 is 17.2 Å². The van der Waals surface area contributed by atoms with Gasteiger partial charge in [-0.25, -0.2) is 4.98 Å². The van der Waals surface area contributed by atoms with E-state index in [1.165, 1.54) is 11.1 Å². The van der Waals surface area contributed by atoms with Gasteiger partial charge in [-0.1, -0.05) is 37.1 Å². The molecule has 2 fully saturated rings. The van der Waals surface area contributed by atoms with E-state index in [-0.39, 0.29) is 11.5 Å². The van der Waals surface area contributed by atoms with E-state index in [0.717, 1.165) is 49.4 Å². The largest absolute Gasteiger partial charge is 0.370 e. The van der Waals surface area contributed by atoms with Crippen LogP contribution in [0, 0.1) is 13.8 Å². The zero-order valence-corrected chi connectivity index (χ0v) is 17.1. The van der Waals surface area contributed by atoms with Crippen LogP contribution in [-0.2, 0) is 21.6 Å². The highest BCUT2D eigenvalue weighted by Crippen LogP contribution is 2.44. The smallest absolute Gasteiger partial charge is 0.233 e. The minimum atomic E-state index is -0.327. The maximum absolute atomic E-state index is 13.6. The predicted molar refractivity (Wildman–Crippen MR) is 108 cm³/mol. The van der Waals surface area contributed by atoms with Crippen LogP contribution >= 0.6 is 11.3 Å². The lowest BCUT2D eigenvalue weighted by molar-refractivity contribution is -0.136. The predicted octanol–water partition coefficient (Wildman–Crippen LogP) is 4.39. The van der Waals surface area contributed by atoms with Gasteiger partial charge in [-0.15, -0.1) is 11.3 Å². The molecule has 144 valence electrons. The van der Waals surface area contributed by atoms with E-state index >= 15 is 0 Å². The summed E-state index contributed by atoms with van der Waals surface area (Å²) in [6, 6.07) is 8.43. The van der Waals surface area contributed by atoms with Crippen molar-refractivity contribution < 1.29 is 9.53 Å². The number of carbonyl (C=O) groups is 1. The lowest BCUT2D eigenvalue weighted by Gasteiger charge is -2.34. The summed E-state index contributed by atoms with van der Waals surface area (Å²) in [7, 11) is 0. The number of aromatic nitrogens is 1. The number of thiazole rings is 1. The van der Waals surface area contributed by atoms with Gasteiger partial charge >= 0.3 is 0 Å². The molecule has 27 heavy (non-hydrogen) atoms. The van der Waals surface area contributed by atoms with Crippen molar-refractivity contribution in [1.29, 1.82) is 0 Å². The topological polar surface area (TPSA) is 42.4 Å². The second-order valence-electron chi connectivity index (χ2n) is 7.93. The first-order chi connectivity index (χ1) is 13.1. The Morgan fingerprint density at radius 1 is 1.30 bits per heavy atom. The van der Waals surface area contributed by atoms with Crippen LogP contribution in [0.2, 0.25) is 0 Å². The Morgan fingerprint density at radius 3 is 2.78 bits per heavy atom. The van der Waals surface area contributed by atoms with Crippen molar-refractivity contribution in [2.45, 2.75) is 64.1 Å². The fourth-order valence-electron chi connectivity index (χ4n) is 4.72. The van der Waals surface area contributed by atoms with Crippen molar-refractivity contribution in [2.75, 3.05) is 13.1 Å². The number of likely N-dealkylation sites (tertiary alicyclic amines) is 1. The first kappa shape index (κ1) is 18.6. The lowest BCUT2D eigenvalue weighted by Crippen LogP contribution is -2.45. The number of rotatable bonds is 5. The molecule has 0 bridgehead atoms. The molecule has 2 aliphatic rings. The Hall–Kier alpha value is -1.72. The first-order valence-electron chi connectivity index (χ1n) is 9.96. The van der Waals surface area contributed by atoms with Crippen LogP contribution in [0.5, 0.6) is 0 Å². The van der Waals surface area contributed by atoms with E-state index < -0.39 is 0 Å². The standard InChI is InChI=1S/C22H28N2O2S/c1-16-7-3-4-8-20(16)22(10-5-6-11-22)21(25)24-12-9-19(13-24)26-14-18-15-27-17(2)23-18/h3-4,7-8,15,19H,5-6,9-14H2,1-2H3. The number of ether oxygens (including phenoxy) is 1. The van der Waals surface area contributed by atoms with E-state index in [1.807, 2.05) is 6.92 Å². The third kappa shape index (κ3) is 3.67. The monoisotopic (exact) mass is 384 g/mol. The summed E-state index contributed by atoms with van der Waals surface area (Å²) in [5, 5.41) is 3.12. The zero-order valence-electron chi connectivity index (χ0n) is 16.2. The summed E-state index contributed by atoms with van der Waals surface area (Å²) >= 11 is 1.65. The molecule has 1 saturated carbocycles. The Bertz CT molecular complexity index is 810. The third-order valence-electron chi connectivity index (χ3n) is 6.09. The second-order valence-corrected chi connectivity index (χ2v) is 9.00. The quantitative estimate of drug-likeness (QED) is 0.768. The van der Waals surface area contributed by atoms with Crippen LogP contribution in [0.15, 0.2) is 29.6 Å². The van der Waals surface area contributed by atoms with Crippen molar-refractivity contribution in [3.8, 4) is 0 Å². The van der Waals surface area contributed by atoms with Gasteiger partial charge < -0.3 is 9.64 Å². The number of hydrogen-bond donors (Lipinski definition) is 0. The van der Waals surface area contributed by atoms with Gasteiger partial charge in [0.25, 0.3) is 0 Å². The van der Waals surface area contributed by atoms with E-state index in [4.69, 9.17) is 4.74 Å². The zero-order chi connectivity index (χ0) is 18.9. The highest BCUT2D eigenvalue weighted by Gasteiger charge is 2.46. The second kappa shape index (κ2) is 7.72. The number of benzene rings is 1. The number of hydrogen-bond acceptors (Lipinski definition) is 4. The van der Waals surface area contributed by atoms with Crippen molar-refractivity contribution in [3.05, 3.63) is 51.5 Å². The van der Waals surface area contributed by atoms with E-state index in [2.05, 4.69) is 46.5 Å². The van der Waals surface area contributed by atoms with Crippen molar-refractivity contribution in [2.24, 2.45) is 0 Å². The summed E-state index contributed by atoms with van der Waals surface area (Å²) < 4.78 is 6.06. The number of carbonyl (C=O) groups excluding carboxylic acids is 1. The summed E-state index contributed by atoms with van der Waals surface area (Å²) in [6.07, 6.45) is 5.24. The Kier molecular flexibility index (Phi) is 5.33. The minimum absolute atomic E-state index is 0.117. The lowest BCUT2D eigenvalue weighted by atomic mass is 9.75. The Labute approximate surface area is 165 Å². The van der Waals surface area contributed by atoms with Crippen LogP contribution in [0.1, 0.15) is 53.9 Å². The minimum Gasteiger partial charge on any atom is -0.370 e. The summed E-state index contributed by atoms with van der Waals surface area (Å²) in [6.45, 7) is 6.19.